The molecule has 0 unspecified atom stereocenters. The van der Waals surface area contributed by atoms with E-state index in [1.807, 2.05) is 13.8 Å². The zero-order chi connectivity index (χ0) is 13.1. The highest BCUT2D eigenvalue weighted by Gasteiger charge is 2.34. The number of rotatable bonds is 3. The van der Waals surface area contributed by atoms with Crippen LogP contribution in [-0.4, -0.2) is 22.3 Å². The van der Waals surface area contributed by atoms with Gasteiger partial charge in [-0.3, -0.25) is 4.79 Å². The van der Waals surface area contributed by atoms with Crippen LogP contribution in [0.2, 0.25) is 0 Å². The molecule has 0 bridgehead atoms. The SMILES string of the molecule is C#CC1(O)CCC(CC(C)(C)OC(C)=O)CC1. The lowest BCUT2D eigenvalue weighted by Crippen LogP contribution is -2.36. The van der Waals surface area contributed by atoms with Crippen LogP contribution in [0.3, 0.4) is 0 Å². The fourth-order valence-electron chi connectivity index (χ4n) is 2.63. The summed E-state index contributed by atoms with van der Waals surface area (Å²) in [6.45, 7) is 5.28. The number of hydrogen-bond acceptors (Lipinski definition) is 3. The van der Waals surface area contributed by atoms with Crippen molar-refractivity contribution in [2.24, 2.45) is 5.92 Å². The van der Waals surface area contributed by atoms with Crippen molar-refractivity contribution in [3.05, 3.63) is 0 Å². The van der Waals surface area contributed by atoms with Gasteiger partial charge in [-0.2, -0.15) is 0 Å². The molecule has 3 heteroatoms. The summed E-state index contributed by atoms with van der Waals surface area (Å²) in [4.78, 5) is 11.0. The molecule has 0 saturated heterocycles. The first-order valence-electron chi connectivity index (χ1n) is 6.16. The summed E-state index contributed by atoms with van der Waals surface area (Å²) < 4.78 is 5.28. The van der Waals surface area contributed by atoms with Gasteiger partial charge in [-0.05, 0) is 51.9 Å². The third kappa shape index (κ3) is 4.40. The van der Waals surface area contributed by atoms with Gasteiger partial charge in [0, 0.05) is 6.92 Å². The second kappa shape index (κ2) is 5.10. The van der Waals surface area contributed by atoms with E-state index in [9.17, 15) is 9.90 Å². The minimum Gasteiger partial charge on any atom is -0.460 e. The number of carbonyl (C=O) groups excluding carboxylic acids is 1. The third-order valence-electron chi connectivity index (χ3n) is 3.40. The van der Waals surface area contributed by atoms with Crippen LogP contribution in [0.1, 0.15) is 52.9 Å². The standard InChI is InChI=1S/C14H22O3/c1-5-14(16)8-6-12(7-9-14)10-13(3,4)17-11(2)15/h1,12,16H,6-10H2,2-4H3. The molecule has 1 fully saturated rings. The Balaban J connectivity index is 2.46. The Kier molecular flexibility index (Phi) is 4.21. The van der Waals surface area contributed by atoms with Gasteiger partial charge in [0.05, 0.1) is 0 Å². The van der Waals surface area contributed by atoms with Crippen LogP contribution >= 0.6 is 0 Å². The highest BCUT2D eigenvalue weighted by Crippen LogP contribution is 2.36. The molecule has 1 rings (SSSR count). The van der Waals surface area contributed by atoms with E-state index in [2.05, 4.69) is 5.92 Å². The molecule has 1 aliphatic carbocycles. The van der Waals surface area contributed by atoms with E-state index >= 15 is 0 Å². The average Bonchev–Trinajstić information content (AvgIpc) is 2.19. The third-order valence-corrected chi connectivity index (χ3v) is 3.40. The fourth-order valence-corrected chi connectivity index (χ4v) is 2.63. The quantitative estimate of drug-likeness (QED) is 0.606. The predicted octanol–water partition coefficient (Wildman–Crippen LogP) is 2.27. The van der Waals surface area contributed by atoms with Gasteiger partial charge in [0.1, 0.15) is 11.2 Å². The second-order valence-corrected chi connectivity index (χ2v) is 5.68. The summed E-state index contributed by atoms with van der Waals surface area (Å²) in [6.07, 6.45) is 9.21. The first kappa shape index (κ1) is 14.1. The van der Waals surface area contributed by atoms with Crippen LogP contribution in [0.15, 0.2) is 0 Å². The molecule has 96 valence electrons. The number of hydrogen-bond donors (Lipinski definition) is 1. The topological polar surface area (TPSA) is 46.5 Å². The van der Waals surface area contributed by atoms with Gasteiger partial charge in [-0.1, -0.05) is 5.92 Å². The van der Waals surface area contributed by atoms with Crippen LogP contribution in [0.25, 0.3) is 0 Å². The summed E-state index contributed by atoms with van der Waals surface area (Å²) in [5.74, 6) is 2.69. The number of esters is 1. The summed E-state index contributed by atoms with van der Waals surface area (Å²) in [6, 6.07) is 0. The molecule has 0 atom stereocenters. The van der Waals surface area contributed by atoms with Crippen molar-refractivity contribution in [3.8, 4) is 12.3 Å². The van der Waals surface area contributed by atoms with Crippen LogP contribution < -0.4 is 0 Å². The van der Waals surface area contributed by atoms with Crippen molar-refractivity contribution in [2.75, 3.05) is 0 Å². The van der Waals surface area contributed by atoms with Gasteiger partial charge in [0.15, 0.2) is 0 Å². The van der Waals surface area contributed by atoms with Crippen molar-refractivity contribution < 1.29 is 14.6 Å². The largest absolute Gasteiger partial charge is 0.460 e. The Morgan fingerprint density at radius 2 is 2.06 bits per heavy atom. The zero-order valence-electron chi connectivity index (χ0n) is 11.0. The maximum atomic E-state index is 11.0. The molecule has 17 heavy (non-hydrogen) atoms. The molecule has 0 heterocycles. The fraction of sp³-hybridized carbons (Fsp3) is 0.786. The van der Waals surface area contributed by atoms with Crippen molar-refractivity contribution in [1.29, 1.82) is 0 Å². The maximum Gasteiger partial charge on any atom is 0.303 e. The molecular weight excluding hydrogens is 216 g/mol. The Hall–Kier alpha value is -1.01. The molecule has 1 N–H and O–H groups in total. The molecule has 0 radical (unpaired) electrons. The molecule has 1 saturated carbocycles. The van der Waals surface area contributed by atoms with Crippen LogP contribution in [0.4, 0.5) is 0 Å². The Labute approximate surface area is 104 Å². The zero-order valence-corrected chi connectivity index (χ0v) is 11.0. The highest BCUT2D eigenvalue weighted by atomic mass is 16.6. The van der Waals surface area contributed by atoms with Gasteiger partial charge < -0.3 is 9.84 Å². The predicted molar refractivity (Wildman–Crippen MR) is 66.2 cm³/mol. The normalized spacial score (nSPS) is 29.5. The first-order valence-corrected chi connectivity index (χ1v) is 6.16. The van der Waals surface area contributed by atoms with E-state index in [0.29, 0.717) is 18.8 Å². The molecule has 0 aromatic rings. The number of carbonyl (C=O) groups is 1. The molecule has 0 aromatic heterocycles. The molecular formula is C14H22O3. The summed E-state index contributed by atoms with van der Waals surface area (Å²) >= 11 is 0. The minimum absolute atomic E-state index is 0.245. The van der Waals surface area contributed by atoms with Gasteiger partial charge in [0.25, 0.3) is 0 Å². The Morgan fingerprint density at radius 3 is 2.47 bits per heavy atom. The minimum atomic E-state index is -0.915. The van der Waals surface area contributed by atoms with Gasteiger partial charge in [0.2, 0.25) is 0 Å². The summed E-state index contributed by atoms with van der Waals surface area (Å²) in [7, 11) is 0. The molecule has 1 aliphatic rings. The van der Waals surface area contributed by atoms with Crippen LogP contribution in [0.5, 0.6) is 0 Å². The van der Waals surface area contributed by atoms with Crippen molar-refractivity contribution >= 4 is 5.97 Å². The first-order chi connectivity index (χ1) is 7.76. The lowest BCUT2D eigenvalue weighted by atomic mass is 9.75. The van der Waals surface area contributed by atoms with E-state index in [0.717, 1.165) is 19.3 Å². The van der Waals surface area contributed by atoms with E-state index in [-0.39, 0.29) is 5.97 Å². The number of ether oxygens (including phenoxy) is 1. The van der Waals surface area contributed by atoms with Crippen LogP contribution in [-0.2, 0) is 9.53 Å². The Bertz CT molecular complexity index is 317. The summed E-state index contributed by atoms with van der Waals surface area (Å²) in [5, 5.41) is 9.92. The van der Waals surface area contributed by atoms with E-state index in [1.54, 1.807) is 0 Å². The maximum absolute atomic E-state index is 11.0. The lowest BCUT2D eigenvalue weighted by Gasteiger charge is -2.36. The van der Waals surface area contributed by atoms with Gasteiger partial charge in [-0.25, -0.2) is 0 Å². The number of aliphatic hydroxyl groups is 1. The number of terminal acetylenes is 1. The molecule has 0 spiro atoms. The van der Waals surface area contributed by atoms with Gasteiger partial charge in [-0.15, -0.1) is 6.42 Å². The van der Waals surface area contributed by atoms with Crippen LogP contribution in [0, 0.1) is 18.3 Å². The Morgan fingerprint density at radius 1 is 1.53 bits per heavy atom. The monoisotopic (exact) mass is 238 g/mol. The van der Waals surface area contributed by atoms with E-state index in [1.165, 1.54) is 6.92 Å². The smallest absolute Gasteiger partial charge is 0.303 e. The van der Waals surface area contributed by atoms with Gasteiger partial charge >= 0.3 is 5.97 Å². The van der Waals surface area contributed by atoms with E-state index < -0.39 is 11.2 Å². The average molecular weight is 238 g/mol. The van der Waals surface area contributed by atoms with E-state index in [4.69, 9.17) is 11.2 Å². The molecule has 0 aliphatic heterocycles. The molecule has 0 aromatic carbocycles. The van der Waals surface area contributed by atoms with Crippen molar-refractivity contribution in [2.45, 2.75) is 64.1 Å². The molecule has 3 nitrogen and oxygen atoms in total. The van der Waals surface area contributed by atoms with Crippen molar-refractivity contribution in [3.63, 3.8) is 0 Å². The van der Waals surface area contributed by atoms with Crippen molar-refractivity contribution in [1.82, 2.24) is 0 Å². The molecule has 0 amide bonds. The summed E-state index contributed by atoms with van der Waals surface area (Å²) in [5.41, 5.74) is -1.34. The highest BCUT2D eigenvalue weighted by molar-refractivity contribution is 5.66. The second-order valence-electron chi connectivity index (χ2n) is 5.68. The lowest BCUT2D eigenvalue weighted by molar-refractivity contribution is -0.155.